The summed E-state index contributed by atoms with van der Waals surface area (Å²) in [5.74, 6) is 1.69. The summed E-state index contributed by atoms with van der Waals surface area (Å²) in [5, 5.41) is 13.7. The van der Waals surface area contributed by atoms with Crippen molar-refractivity contribution in [2.24, 2.45) is 0 Å². The Morgan fingerprint density at radius 2 is 2.15 bits per heavy atom. The van der Waals surface area contributed by atoms with Crippen molar-refractivity contribution in [2.75, 3.05) is 38.7 Å². The fraction of sp³-hybridized carbons (Fsp3) is 0.400. The summed E-state index contributed by atoms with van der Waals surface area (Å²) in [6.45, 7) is 2.65. The first-order valence-corrected chi connectivity index (χ1v) is 11.4. The molecule has 0 unspecified atom stereocenters. The van der Waals surface area contributed by atoms with Gasteiger partial charge in [-0.3, -0.25) is 4.79 Å². The van der Waals surface area contributed by atoms with Gasteiger partial charge in [0.1, 0.15) is 23.3 Å². The lowest BCUT2D eigenvalue weighted by Crippen LogP contribution is -2.36. The fourth-order valence-corrected chi connectivity index (χ4v) is 4.38. The van der Waals surface area contributed by atoms with Crippen LogP contribution in [-0.2, 0) is 4.74 Å². The van der Waals surface area contributed by atoms with E-state index in [4.69, 9.17) is 9.47 Å². The molecular formula is C25H27N5O3. The molecule has 1 aliphatic carbocycles. The Morgan fingerprint density at radius 1 is 1.27 bits per heavy atom. The van der Waals surface area contributed by atoms with E-state index in [1.165, 1.54) is 0 Å². The number of ether oxygens (including phenoxy) is 2. The van der Waals surface area contributed by atoms with Crippen LogP contribution < -0.4 is 10.1 Å². The lowest BCUT2D eigenvalue weighted by atomic mass is 10.1. The summed E-state index contributed by atoms with van der Waals surface area (Å²) in [6, 6.07) is 9.72. The SMILES string of the molecule is COc1cc(C(=O)N2CCCCOCC2)ccc1Nc1cc(C2CC2)c2c(C#N)c[nH]c2n1. The minimum absolute atomic E-state index is 0.0173. The predicted molar refractivity (Wildman–Crippen MR) is 125 cm³/mol. The Bertz CT molecular complexity index is 1220. The van der Waals surface area contributed by atoms with Crippen molar-refractivity contribution in [3.8, 4) is 11.8 Å². The molecule has 3 heterocycles. The maximum Gasteiger partial charge on any atom is 0.254 e. The molecule has 170 valence electrons. The molecular weight excluding hydrogens is 418 g/mol. The molecule has 5 rings (SSSR count). The maximum atomic E-state index is 13.1. The van der Waals surface area contributed by atoms with Crippen LogP contribution in [0.25, 0.3) is 11.0 Å². The molecule has 1 aromatic carbocycles. The molecule has 8 nitrogen and oxygen atoms in total. The minimum atomic E-state index is -0.0173. The predicted octanol–water partition coefficient (Wildman–Crippen LogP) is 4.32. The molecule has 2 aromatic heterocycles. The Balaban J connectivity index is 1.41. The number of aromatic amines is 1. The largest absolute Gasteiger partial charge is 0.495 e. The molecule has 8 heteroatoms. The molecule has 0 radical (unpaired) electrons. The topological polar surface area (TPSA) is 103 Å². The van der Waals surface area contributed by atoms with Crippen LogP contribution >= 0.6 is 0 Å². The van der Waals surface area contributed by atoms with Gasteiger partial charge in [-0.25, -0.2) is 4.98 Å². The van der Waals surface area contributed by atoms with E-state index in [1.54, 1.807) is 19.4 Å². The number of hydrogen-bond donors (Lipinski definition) is 2. The van der Waals surface area contributed by atoms with E-state index in [2.05, 4.69) is 21.4 Å². The summed E-state index contributed by atoms with van der Waals surface area (Å²) in [6.07, 6.45) is 5.86. The molecule has 0 spiro atoms. The molecule has 1 saturated carbocycles. The number of carbonyl (C=O) groups is 1. The van der Waals surface area contributed by atoms with Crippen LogP contribution in [0.3, 0.4) is 0 Å². The van der Waals surface area contributed by atoms with Crippen molar-refractivity contribution >= 4 is 28.4 Å². The zero-order valence-electron chi connectivity index (χ0n) is 18.7. The second-order valence-corrected chi connectivity index (χ2v) is 8.56. The van der Waals surface area contributed by atoms with Crippen LogP contribution in [0.15, 0.2) is 30.5 Å². The van der Waals surface area contributed by atoms with Gasteiger partial charge in [0.2, 0.25) is 0 Å². The van der Waals surface area contributed by atoms with Crippen LogP contribution in [0.5, 0.6) is 5.75 Å². The Labute approximate surface area is 192 Å². The van der Waals surface area contributed by atoms with Gasteiger partial charge in [-0.1, -0.05) is 0 Å². The molecule has 2 aliphatic rings. The van der Waals surface area contributed by atoms with Crippen molar-refractivity contribution in [2.45, 2.75) is 31.6 Å². The second-order valence-electron chi connectivity index (χ2n) is 8.56. The normalized spacial score (nSPS) is 16.7. The number of pyridine rings is 1. The number of carbonyl (C=O) groups excluding carboxylic acids is 1. The highest BCUT2D eigenvalue weighted by Gasteiger charge is 2.28. The fourth-order valence-electron chi connectivity index (χ4n) is 4.38. The summed E-state index contributed by atoms with van der Waals surface area (Å²) in [7, 11) is 1.59. The van der Waals surface area contributed by atoms with E-state index in [-0.39, 0.29) is 5.91 Å². The highest BCUT2D eigenvalue weighted by Crippen LogP contribution is 2.44. The van der Waals surface area contributed by atoms with Crippen molar-refractivity contribution < 1.29 is 14.3 Å². The number of nitriles is 1. The van der Waals surface area contributed by atoms with Crippen LogP contribution in [-0.4, -0.2) is 54.2 Å². The number of nitrogens with zero attached hydrogens (tertiary/aromatic N) is 3. The van der Waals surface area contributed by atoms with Crippen molar-refractivity contribution in [1.29, 1.82) is 5.26 Å². The first kappa shape index (κ1) is 21.3. The molecule has 1 amide bonds. The van der Waals surface area contributed by atoms with Crippen molar-refractivity contribution in [3.05, 3.63) is 47.2 Å². The van der Waals surface area contributed by atoms with Gasteiger partial charge in [0.25, 0.3) is 5.91 Å². The number of benzene rings is 1. The number of H-pyrrole nitrogens is 1. The van der Waals surface area contributed by atoms with Gasteiger partial charge in [-0.2, -0.15) is 5.26 Å². The highest BCUT2D eigenvalue weighted by molar-refractivity contribution is 5.95. The first-order chi connectivity index (χ1) is 16.2. The lowest BCUT2D eigenvalue weighted by Gasteiger charge is -2.25. The quantitative estimate of drug-likeness (QED) is 0.606. The molecule has 2 N–H and O–H groups in total. The van der Waals surface area contributed by atoms with Crippen LogP contribution in [0, 0.1) is 11.3 Å². The number of rotatable bonds is 5. The minimum Gasteiger partial charge on any atom is -0.495 e. The number of nitrogens with one attached hydrogen (secondary N) is 2. The van der Waals surface area contributed by atoms with Crippen molar-refractivity contribution in [3.63, 3.8) is 0 Å². The van der Waals surface area contributed by atoms with Gasteiger partial charge >= 0.3 is 0 Å². The highest BCUT2D eigenvalue weighted by atomic mass is 16.5. The number of amides is 1. The van der Waals surface area contributed by atoms with Gasteiger partial charge in [0, 0.05) is 36.8 Å². The molecule has 1 aliphatic heterocycles. The van der Waals surface area contributed by atoms with Crippen molar-refractivity contribution in [1.82, 2.24) is 14.9 Å². The van der Waals surface area contributed by atoms with E-state index in [0.717, 1.165) is 55.5 Å². The van der Waals surface area contributed by atoms with Crippen LogP contribution in [0.2, 0.25) is 0 Å². The average molecular weight is 446 g/mol. The first-order valence-electron chi connectivity index (χ1n) is 11.4. The van der Waals surface area contributed by atoms with E-state index in [0.29, 0.717) is 47.4 Å². The summed E-state index contributed by atoms with van der Waals surface area (Å²) >= 11 is 0. The third-order valence-corrected chi connectivity index (χ3v) is 6.28. The zero-order chi connectivity index (χ0) is 22.8. The monoisotopic (exact) mass is 445 g/mol. The van der Waals surface area contributed by atoms with Gasteiger partial charge in [0.15, 0.2) is 0 Å². The third kappa shape index (κ3) is 4.37. The smallest absolute Gasteiger partial charge is 0.254 e. The van der Waals surface area contributed by atoms with Gasteiger partial charge in [-0.05, 0) is 61.4 Å². The Kier molecular flexibility index (Phi) is 5.88. The average Bonchev–Trinajstić information content (AvgIpc) is 3.57. The van der Waals surface area contributed by atoms with E-state index >= 15 is 0 Å². The van der Waals surface area contributed by atoms with Crippen LogP contribution in [0.1, 0.15) is 53.1 Å². The molecule has 33 heavy (non-hydrogen) atoms. The lowest BCUT2D eigenvalue weighted by molar-refractivity contribution is 0.0553. The number of hydrogen-bond acceptors (Lipinski definition) is 6. The van der Waals surface area contributed by atoms with E-state index in [1.807, 2.05) is 23.1 Å². The molecule has 3 aromatic rings. The Hall–Kier alpha value is -3.57. The molecule has 0 bridgehead atoms. The van der Waals surface area contributed by atoms with Gasteiger partial charge < -0.3 is 24.7 Å². The van der Waals surface area contributed by atoms with Crippen LogP contribution in [0.4, 0.5) is 11.5 Å². The van der Waals surface area contributed by atoms with Gasteiger partial charge in [-0.15, -0.1) is 0 Å². The Morgan fingerprint density at radius 3 is 2.94 bits per heavy atom. The van der Waals surface area contributed by atoms with E-state index in [9.17, 15) is 10.1 Å². The number of methoxy groups -OCH3 is 1. The molecule has 2 fully saturated rings. The summed E-state index contributed by atoms with van der Waals surface area (Å²) in [4.78, 5) is 22.7. The van der Waals surface area contributed by atoms with Gasteiger partial charge in [0.05, 0.1) is 25.0 Å². The maximum absolute atomic E-state index is 13.1. The third-order valence-electron chi connectivity index (χ3n) is 6.28. The van der Waals surface area contributed by atoms with E-state index < -0.39 is 0 Å². The number of fused-ring (bicyclic) bond motifs is 1. The standard InChI is InChI=1S/C25H27N5O3/c1-32-21-12-17(25(31)30-8-2-3-10-33-11-9-30)6-7-20(21)28-22-13-19(16-4-5-16)23-18(14-26)15-27-24(23)29-22/h6-7,12-13,15-16H,2-5,8-11H2,1H3,(H2,27,28,29). The zero-order valence-corrected chi connectivity index (χ0v) is 18.7. The summed E-state index contributed by atoms with van der Waals surface area (Å²) < 4.78 is 11.1. The molecule has 1 saturated heterocycles. The summed E-state index contributed by atoms with van der Waals surface area (Å²) in [5.41, 5.74) is 3.78. The molecule has 0 atom stereocenters. The number of aromatic nitrogens is 2. The second kappa shape index (κ2) is 9.12. The number of anilines is 2.